The Morgan fingerprint density at radius 3 is 2.60 bits per heavy atom. The summed E-state index contributed by atoms with van der Waals surface area (Å²) >= 11 is 0. The minimum atomic E-state index is 0.532. The Labute approximate surface area is 119 Å². The third-order valence-corrected chi connectivity index (χ3v) is 3.94. The van der Waals surface area contributed by atoms with Gasteiger partial charge in [-0.1, -0.05) is 6.92 Å². The molecule has 20 heavy (non-hydrogen) atoms. The molecule has 0 atom stereocenters. The molecule has 0 spiro atoms. The Bertz CT molecular complexity index is 640. The highest BCUT2D eigenvalue weighted by molar-refractivity contribution is 5.43. The molecule has 0 unspecified atom stereocenters. The van der Waals surface area contributed by atoms with Gasteiger partial charge in [0.05, 0.1) is 5.69 Å². The zero-order chi connectivity index (χ0) is 14.3. The largest absolute Gasteiger partial charge is 0.373 e. The van der Waals surface area contributed by atoms with Crippen LogP contribution in [0.3, 0.4) is 0 Å². The molecule has 0 radical (unpaired) electrons. The average molecular weight is 271 g/mol. The SMILES string of the molecule is CCc1c(C)nn(-c2cc(NC)nc(C3CC3)n2)c1C. The summed E-state index contributed by atoms with van der Waals surface area (Å²) in [6.07, 6.45) is 3.39. The van der Waals surface area contributed by atoms with E-state index in [2.05, 4.69) is 36.2 Å². The third-order valence-electron chi connectivity index (χ3n) is 3.94. The molecule has 2 aromatic rings. The van der Waals surface area contributed by atoms with Gasteiger partial charge in [0.25, 0.3) is 0 Å². The molecule has 5 heteroatoms. The summed E-state index contributed by atoms with van der Waals surface area (Å²) in [6, 6.07) is 1.96. The summed E-state index contributed by atoms with van der Waals surface area (Å²) in [5.41, 5.74) is 3.57. The predicted molar refractivity (Wildman–Crippen MR) is 79.5 cm³/mol. The van der Waals surface area contributed by atoms with Gasteiger partial charge in [-0.3, -0.25) is 0 Å². The number of aromatic nitrogens is 4. The summed E-state index contributed by atoms with van der Waals surface area (Å²) in [7, 11) is 1.89. The van der Waals surface area contributed by atoms with E-state index >= 15 is 0 Å². The van der Waals surface area contributed by atoms with E-state index in [4.69, 9.17) is 4.98 Å². The van der Waals surface area contributed by atoms with Crippen molar-refractivity contribution >= 4 is 5.82 Å². The van der Waals surface area contributed by atoms with E-state index in [1.807, 2.05) is 17.8 Å². The molecule has 1 aliphatic carbocycles. The molecule has 2 aromatic heterocycles. The number of aryl methyl sites for hydroxylation is 1. The van der Waals surface area contributed by atoms with E-state index in [0.29, 0.717) is 5.92 Å². The van der Waals surface area contributed by atoms with Gasteiger partial charge < -0.3 is 5.32 Å². The van der Waals surface area contributed by atoms with Crippen LogP contribution in [0.25, 0.3) is 5.82 Å². The van der Waals surface area contributed by atoms with Crippen molar-refractivity contribution in [1.82, 2.24) is 19.7 Å². The number of nitrogens with one attached hydrogen (secondary N) is 1. The van der Waals surface area contributed by atoms with Gasteiger partial charge in [0, 0.05) is 24.7 Å². The zero-order valence-corrected chi connectivity index (χ0v) is 12.6. The lowest BCUT2D eigenvalue weighted by Crippen LogP contribution is -2.08. The minimum Gasteiger partial charge on any atom is -0.373 e. The smallest absolute Gasteiger partial charge is 0.159 e. The van der Waals surface area contributed by atoms with Crippen LogP contribution >= 0.6 is 0 Å². The highest BCUT2D eigenvalue weighted by Gasteiger charge is 2.27. The Kier molecular flexibility index (Phi) is 3.20. The highest BCUT2D eigenvalue weighted by atomic mass is 15.3. The molecule has 3 rings (SSSR count). The molecular weight excluding hydrogens is 250 g/mol. The topological polar surface area (TPSA) is 55.6 Å². The highest BCUT2D eigenvalue weighted by Crippen LogP contribution is 2.38. The van der Waals surface area contributed by atoms with Crippen molar-refractivity contribution in [2.24, 2.45) is 0 Å². The maximum absolute atomic E-state index is 4.71. The normalized spacial score (nSPS) is 14.6. The van der Waals surface area contributed by atoms with Crippen LogP contribution in [0.1, 0.15) is 48.5 Å². The Hall–Kier alpha value is -1.91. The quantitative estimate of drug-likeness (QED) is 0.929. The Morgan fingerprint density at radius 1 is 1.30 bits per heavy atom. The van der Waals surface area contributed by atoms with Crippen molar-refractivity contribution in [1.29, 1.82) is 0 Å². The van der Waals surface area contributed by atoms with Gasteiger partial charge in [-0.05, 0) is 38.7 Å². The summed E-state index contributed by atoms with van der Waals surface area (Å²) in [4.78, 5) is 9.27. The second-order valence-corrected chi connectivity index (χ2v) is 5.41. The van der Waals surface area contributed by atoms with Crippen molar-refractivity contribution in [3.8, 4) is 5.82 Å². The second kappa shape index (κ2) is 4.89. The van der Waals surface area contributed by atoms with Gasteiger partial charge in [0.1, 0.15) is 11.6 Å². The Balaban J connectivity index is 2.11. The van der Waals surface area contributed by atoms with Crippen LogP contribution in [-0.4, -0.2) is 26.8 Å². The number of rotatable bonds is 4. The summed E-state index contributed by atoms with van der Waals surface area (Å²) in [6.45, 7) is 6.33. The molecule has 0 aliphatic heterocycles. The summed E-state index contributed by atoms with van der Waals surface area (Å²) in [5, 5.41) is 7.77. The van der Waals surface area contributed by atoms with Gasteiger partial charge in [0.15, 0.2) is 5.82 Å². The maximum atomic E-state index is 4.71. The van der Waals surface area contributed by atoms with Crippen molar-refractivity contribution < 1.29 is 0 Å². The molecule has 0 saturated heterocycles. The molecule has 1 N–H and O–H groups in total. The third kappa shape index (κ3) is 2.17. The number of anilines is 1. The van der Waals surface area contributed by atoms with Crippen LogP contribution in [0.2, 0.25) is 0 Å². The molecule has 1 fully saturated rings. The zero-order valence-electron chi connectivity index (χ0n) is 12.6. The lowest BCUT2D eigenvalue weighted by molar-refractivity contribution is 0.781. The number of nitrogens with zero attached hydrogens (tertiary/aromatic N) is 4. The van der Waals surface area contributed by atoms with Crippen LogP contribution in [0, 0.1) is 13.8 Å². The standard InChI is InChI=1S/C15H21N5/c1-5-12-9(2)19-20(10(12)3)14-8-13(16-4)17-15(18-14)11-6-7-11/h8,11H,5-7H2,1-4H3,(H,16,17,18). The number of hydrogen-bond donors (Lipinski definition) is 1. The van der Waals surface area contributed by atoms with E-state index in [1.165, 1.54) is 24.1 Å². The molecule has 5 nitrogen and oxygen atoms in total. The molecule has 1 aliphatic rings. The first-order chi connectivity index (χ1) is 9.63. The van der Waals surface area contributed by atoms with Gasteiger partial charge in [-0.2, -0.15) is 5.10 Å². The maximum Gasteiger partial charge on any atom is 0.159 e. The van der Waals surface area contributed by atoms with Crippen LogP contribution in [-0.2, 0) is 6.42 Å². The van der Waals surface area contributed by atoms with E-state index in [0.717, 1.165) is 29.6 Å². The predicted octanol–water partition coefficient (Wildman–Crippen LogP) is 2.76. The molecule has 0 bridgehead atoms. The van der Waals surface area contributed by atoms with Crippen molar-refractivity contribution in [3.63, 3.8) is 0 Å². The molecule has 1 saturated carbocycles. The molecule has 106 valence electrons. The van der Waals surface area contributed by atoms with E-state index in [1.54, 1.807) is 0 Å². The van der Waals surface area contributed by atoms with Gasteiger partial charge >= 0.3 is 0 Å². The molecular formula is C15H21N5. The van der Waals surface area contributed by atoms with Gasteiger partial charge in [-0.15, -0.1) is 0 Å². The van der Waals surface area contributed by atoms with Crippen LogP contribution in [0.15, 0.2) is 6.07 Å². The molecule has 0 aromatic carbocycles. The van der Waals surface area contributed by atoms with Crippen molar-refractivity contribution in [2.75, 3.05) is 12.4 Å². The van der Waals surface area contributed by atoms with E-state index in [-0.39, 0.29) is 0 Å². The van der Waals surface area contributed by atoms with Crippen LogP contribution < -0.4 is 5.32 Å². The lowest BCUT2D eigenvalue weighted by atomic mass is 10.1. The van der Waals surface area contributed by atoms with Crippen LogP contribution in [0.4, 0.5) is 5.82 Å². The average Bonchev–Trinajstić information content (AvgIpc) is 3.25. The Morgan fingerprint density at radius 2 is 2.05 bits per heavy atom. The number of hydrogen-bond acceptors (Lipinski definition) is 4. The van der Waals surface area contributed by atoms with Gasteiger partial charge in [-0.25, -0.2) is 14.6 Å². The van der Waals surface area contributed by atoms with Gasteiger partial charge in [0.2, 0.25) is 0 Å². The van der Waals surface area contributed by atoms with E-state index in [9.17, 15) is 0 Å². The molecule has 2 heterocycles. The van der Waals surface area contributed by atoms with Crippen LogP contribution in [0.5, 0.6) is 0 Å². The summed E-state index contributed by atoms with van der Waals surface area (Å²) in [5.74, 6) is 3.20. The first kappa shape index (κ1) is 13.1. The minimum absolute atomic E-state index is 0.532. The van der Waals surface area contributed by atoms with Crippen molar-refractivity contribution in [3.05, 3.63) is 28.8 Å². The van der Waals surface area contributed by atoms with E-state index < -0.39 is 0 Å². The first-order valence-corrected chi connectivity index (χ1v) is 7.26. The second-order valence-electron chi connectivity index (χ2n) is 5.41. The fourth-order valence-corrected chi connectivity index (χ4v) is 2.62. The summed E-state index contributed by atoms with van der Waals surface area (Å²) < 4.78 is 1.95. The van der Waals surface area contributed by atoms with Crippen molar-refractivity contribution in [2.45, 2.75) is 46.0 Å². The first-order valence-electron chi connectivity index (χ1n) is 7.26. The monoisotopic (exact) mass is 271 g/mol. The fourth-order valence-electron chi connectivity index (χ4n) is 2.62. The fraction of sp³-hybridized carbons (Fsp3) is 0.533. The lowest BCUT2D eigenvalue weighted by Gasteiger charge is -2.09. The molecule has 0 amide bonds.